The van der Waals surface area contributed by atoms with Gasteiger partial charge in [-0.05, 0) is 0 Å². The van der Waals surface area contributed by atoms with Gasteiger partial charge in [-0.15, -0.1) is 24.8 Å². The van der Waals surface area contributed by atoms with Crippen LogP contribution in [0.3, 0.4) is 0 Å². The maximum atomic E-state index is 2.76. The Labute approximate surface area is 391 Å². The molecule has 1 saturated carbocycles. The van der Waals surface area contributed by atoms with Gasteiger partial charge in [-0.1, -0.05) is 0 Å². The fourth-order valence-electron chi connectivity index (χ4n) is 13.5. The van der Waals surface area contributed by atoms with Crippen molar-refractivity contribution in [1.82, 2.24) is 0 Å². The molecule has 1 heterocycles. The zero-order chi connectivity index (χ0) is 41.4. The van der Waals surface area contributed by atoms with Crippen LogP contribution < -0.4 is 0 Å². The molecule has 0 N–H and O–H groups in total. The number of fused-ring (bicyclic) bond motifs is 7. The molecule has 63 heavy (non-hydrogen) atoms. The predicted molar refractivity (Wildman–Crippen MR) is 275 cm³/mol. The van der Waals surface area contributed by atoms with Crippen molar-refractivity contribution in [3.05, 3.63) is 179 Å². The Morgan fingerprint density at radius 1 is 0.413 bits per heavy atom. The van der Waals surface area contributed by atoms with Crippen LogP contribution in [0.15, 0.2) is 157 Å². The molecule has 1 aliphatic heterocycles. The standard InChI is InChI=1S/2C27H23.C6H10.2ClH.Hf/c2*1-27(2,3)21-16-20-11-8-14-24(25(20)17-21)26-22-12-6-4-9-18(22)15-19-10-5-7-13-23(19)26;1-2-4-6-5-3-1;;;/h2*4-17H,1-3H3;1-2H,3-6H2;2*1H;. The first-order chi connectivity index (χ1) is 29.5. The van der Waals surface area contributed by atoms with Gasteiger partial charge in [-0.25, -0.2) is 0 Å². The van der Waals surface area contributed by atoms with E-state index in [1.165, 1.54) is 102 Å². The Morgan fingerprint density at radius 3 is 1.08 bits per heavy atom. The topological polar surface area (TPSA) is 0 Å². The second-order valence-electron chi connectivity index (χ2n) is 21.1. The SMILES string of the molecule is CC(C)(C)C1=Cc2c(-c3c4ccccc4cc4ccccc34)cccc2[CH]1[Hf]1([CH]2C(C(C)(C)C)=Cc3c(-c4c5ccccc5cc5ccccc45)cccc32)[CH]2CCCC[CH]21.Cl.Cl. The molecule has 8 aromatic rings. The summed E-state index contributed by atoms with van der Waals surface area (Å²) in [5.41, 5.74) is 15.6. The number of hydrogen-bond acceptors (Lipinski definition) is 0. The molecule has 0 radical (unpaired) electrons. The minimum atomic E-state index is -3.62. The maximum Gasteiger partial charge on any atom is -0.147 e. The van der Waals surface area contributed by atoms with E-state index in [9.17, 15) is 0 Å². The largest absolute Gasteiger partial charge is 0.147 e. The molecular weight excluding hydrogens is 970 g/mol. The summed E-state index contributed by atoms with van der Waals surface area (Å²) < 4.78 is 2.93. The number of rotatable bonds is 4. The van der Waals surface area contributed by atoms with Crippen molar-refractivity contribution in [2.24, 2.45) is 10.8 Å². The van der Waals surface area contributed by atoms with Crippen LogP contribution in [0.1, 0.15) is 96.8 Å². The molecule has 0 aromatic heterocycles. The average Bonchev–Trinajstić information content (AvgIpc) is 3.51. The molecular formula is C60H58Cl2Hf. The fourth-order valence-corrected chi connectivity index (χ4v) is 50.2. The van der Waals surface area contributed by atoms with Crippen molar-refractivity contribution in [3.63, 3.8) is 0 Å². The Kier molecular flexibility index (Phi) is 10.5. The summed E-state index contributed by atoms with van der Waals surface area (Å²) in [5, 5.41) is 10.7. The van der Waals surface area contributed by atoms with Crippen LogP contribution in [-0.4, -0.2) is 0 Å². The van der Waals surface area contributed by atoms with Crippen molar-refractivity contribution < 1.29 is 20.0 Å². The minimum absolute atomic E-state index is 0. The van der Waals surface area contributed by atoms with Crippen molar-refractivity contribution in [2.45, 2.75) is 81.9 Å². The molecule has 2 fully saturated rings. The third-order valence-electron chi connectivity index (χ3n) is 15.9. The van der Waals surface area contributed by atoms with E-state index >= 15 is 0 Å². The van der Waals surface area contributed by atoms with Gasteiger partial charge >= 0.3 is 369 Å². The number of benzene rings is 8. The Bertz CT molecular complexity index is 2880. The Morgan fingerprint density at radius 2 is 0.746 bits per heavy atom. The number of halogens is 2. The Hall–Kier alpha value is -4.27. The van der Waals surface area contributed by atoms with Crippen LogP contribution in [-0.2, 0) is 20.0 Å². The first-order valence-electron chi connectivity index (χ1n) is 23.1. The van der Waals surface area contributed by atoms with Gasteiger partial charge in [0.2, 0.25) is 0 Å². The summed E-state index contributed by atoms with van der Waals surface area (Å²) in [7, 11) is 0. The first-order valence-corrected chi connectivity index (χ1v) is 31.4. The molecule has 3 aliphatic carbocycles. The van der Waals surface area contributed by atoms with Gasteiger partial charge in [0.05, 0.1) is 0 Å². The van der Waals surface area contributed by atoms with Crippen LogP contribution in [0.2, 0.25) is 7.35 Å². The summed E-state index contributed by atoms with van der Waals surface area (Å²) in [4.78, 5) is 0. The van der Waals surface area contributed by atoms with E-state index in [0.29, 0.717) is 7.35 Å². The van der Waals surface area contributed by atoms with Gasteiger partial charge in [0, 0.05) is 0 Å². The number of hydrogen-bond donors (Lipinski definition) is 0. The third kappa shape index (κ3) is 6.30. The van der Waals surface area contributed by atoms with Crippen LogP contribution >= 0.6 is 24.8 Å². The van der Waals surface area contributed by atoms with E-state index in [0.717, 1.165) is 7.35 Å². The summed E-state index contributed by atoms with van der Waals surface area (Å²) in [6.45, 7) is 15.2. The molecule has 8 aromatic carbocycles. The van der Waals surface area contributed by atoms with Crippen LogP contribution in [0, 0.1) is 10.8 Å². The van der Waals surface area contributed by atoms with Crippen LogP contribution in [0.25, 0.3) is 77.5 Å². The molecule has 3 heteroatoms. The van der Waals surface area contributed by atoms with Crippen molar-refractivity contribution in [1.29, 1.82) is 0 Å². The van der Waals surface area contributed by atoms with Crippen molar-refractivity contribution in [3.8, 4) is 22.3 Å². The van der Waals surface area contributed by atoms with E-state index in [-0.39, 0.29) is 35.6 Å². The molecule has 0 amide bonds. The van der Waals surface area contributed by atoms with Gasteiger partial charge in [-0.2, -0.15) is 0 Å². The van der Waals surface area contributed by atoms with Crippen molar-refractivity contribution >= 4 is 80.1 Å². The molecule has 316 valence electrons. The predicted octanol–water partition coefficient (Wildman–Crippen LogP) is 18.5. The summed E-state index contributed by atoms with van der Waals surface area (Å²) in [6.07, 6.45) is 11.2. The zero-order valence-electron chi connectivity index (χ0n) is 37.5. The zero-order valence-corrected chi connectivity index (χ0v) is 42.7. The van der Waals surface area contributed by atoms with E-state index in [1.807, 2.05) is 0 Å². The molecule has 0 nitrogen and oxygen atoms in total. The second-order valence-corrected chi connectivity index (χ2v) is 37.7. The van der Waals surface area contributed by atoms with Gasteiger partial charge < -0.3 is 0 Å². The van der Waals surface area contributed by atoms with Gasteiger partial charge in [0.1, 0.15) is 0 Å². The molecule has 0 bridgehead atoms. The second kappa shape index (κ2) is 15.4. The molecule has 4 unspecified atom stereocenters. The number of allylic oxidation sites excluding steroid dienone is 2. The summed E-state index contributed by atoms with van der Waals surface area (Å²) in [6, 6.07) is 56.2. The van der Waals surface area contributed by atoms with Gasteiger partial charge in [0.15, 0.2) is 0 Å². The van der Waals surface area contributed by atoms with Crippen LogP contribution in [0.5, 0.6) is 0 Å². The quantitative estimate of drug-likeness (QED) is 0.122. The first kappa shape index (κ1) is 42.7. The Balaban J connectivity index is 0.00000236. The molecule has 4 atom stereocenters. The molecule has 1 saturated heterocycles. The van der Waals surface area contributed by atoms with Gasteiger partial charge in [-0.3, -0.25) is 0 Å². The summed E-state index contributed by atoms with van der Waals surface area (Å²) >= 11 is -3.62. The molecule has 0 spiro atoms. The minimum Gasteiger partial charge on any atom is -0.147 e. The van der Waals surface area contributed by atoms with E-state index in [4.69, 9.17) is 0 Å². The summed E-state index contributed by atoms with van der Waals surface area (Å²) in [5.74, 6) is 0. The van der Waals surface area contributed by atoms with Gasteiger partial charge in [0.25, 0.3) is 0 Å². The normalized spacial score (nSPS) is 22.5. The fraction of sp³-hybridized carbons (Fsp3) is 0.267. The third-order valence-corrected chi connectivity index (χ3v) is 40.3. The van der Waals surface area contributed by atoms with E-state index in [1.54, 1.807) is 22.3 Å². The maximum absolute atomic E-state index is 3.62. The molecule has 4 aliphatic rings. The molecule has 12 rings (SSSR count). The average molecular weight is 1030 g/mol. The van der Waals surface area contributed by atoms with E-state index in [2.05, 4.69) is 199 Å². The van der Waals surface area contributed by atoms with E-state index < -0.39 is 20.0 Å². The monoisotopic (exact) mass is 1030 g/mol. The van der Waals surface area contributed by atoms with Crippen molar-refractivity contribution in [2.75, 3.05) is 0 Å². The smallest absolute Gasteiger partial charge is 0.147 e. The van der Waals surface area contributed by atoms with Crippen LogP contribution in [0.4, 0.5) is 0 Å².